The first-order chi connectivity index (χ1) is 14.5. The second-order valence-corrected chi connectivity index (χ2v) is 15.2. The SMILES string of the molecule is C=C(C[C@@H](O)CCOCc1ccc(OC)cc1)[C@@H](C)CO[Si](C(C)C)(C(C)C)C(C)C. The maximum absolute atomic E-state index is 10.4. The van der Waals surface area contributed by atoms with Crippen LogP contribution < -0.4 is 4.74 Å². The number of methoxy groups -OCH3 is 1. The van der Waals surface area contributed by atoms with Gasteiger partial charge >= 0.3 is 0 Å². The molecule has 0 aliphatic heterocycles. The minimum absolute atomic E-state index is 0.234. The van der Waals surface area contributed by atoms with E-state index in [0.29, 0.717) is 49.3 Å². The van der Waals surface area contributed by atoms with E-state index in [-0.39, 0.29) is 5.92 Å². The highest BCUT2D eigenvalue weighted by atomic mass is 28.4. The lowest BCUT2D eigenvalue weighted by atomic mass is 9.97. The monoisotopic (exact) mass is 450 g/mol. The first-order valence-electron chi connectivity index (χ1n) is 11.7. The van der Waals surface area contributed by atoms with Gasteiger partial charge in [-0.2, -0.15) is 0 Å². The Bertz CT molecular complexity index is 618. The lowest BCUT2D eigenvalue weighted by molar-refractivity contribution is 0.0723. The van der Waals surface area contributed by atoms with Crippen molar-refractivity contribution in [3.05, 3.63) is 42.0 Å². The smallest absolute Gasteiger partial charge is 0.200 e. The van der Waals surface area contributed by atoms with Gasteiger partial charge in [0.05, 0.1) is 19.8 Å². The third-order valence-electron chi connectivity index (χ3n) is 6.51. The van der Waals surface area contributed by atoms with Gasteiger partial charge in [-0.05, 0) is 53.1 Å². The van der Waals surface area contributed by atoms with Crippen molar-refractivity contribution in [1.29, 1.82) is 0 Å². The number of aliphatic hydroxyl groups is 1. The fraction of sp³-hybridized carbons (Fsp3) is 0.692. The molecule has 1 aromatic carbocycles. The Kier molecular flexibility index (Phi) is 12.1. The van der Waals surface area contributed by atoms with Crippen molar-refractivity contribution in [2.24, 2.45) is 5.92 Å². The molecular weight excluding hydrogens is 404 g/mol. The Hall–Kier alpha value is -1.14. The first-order valence-corrected chi connectivity index (χ1v) is 13.9. The molecule has 0 unspecified atom stereocenters. The van der Waals surface area contributed by atoms with Crippen LogP contribution in [0.25, 0.3) is 0 Å². The van der Waals surface area contributed by atoms with Crippen LogP contribution in [0.4, 0.5) is 0 Å². The van der Waals surface area contributed by atoms with Crippen molar-refractivity contribution in [2.75, 3.05) is 20.3 Å². The molecule has 0 aliphatic rings. The molecule has 1 aromatic rings. The molecule has 5 heteroatoms. The van der Waals surface area contributed by atoms with Crippen LogP contribution in [0, 0.1) is 5.92 Å². The van der Waals surface area contributed by atoms with E-state index < -0.39 is 14.4 Å². The summed E-state index contributed by atoms with van der Waals surface area (Å²) in [5, 5.41) is 10.4. The summed E-state index contributed by atoms with van der Waals surface area (Å²) in [6.45, 7) is 22.0. The molecule has 0 heterocycles. The molecule has 2 atom stereocenters. The molecule has 178 valence electrons. The Labute approximate surface area is 192 Å². The van der Waals surface area contributed by atoms with E-state index in [2.05, 4.69) is 55.0 Å². The van der Waals surface area contributed by atoms with Crippen LogP contribution in [-0.4, -0.2) is 39.9 Å². The average Bonchev–Trinajstić information content (AvgIpc) is 2.71. The molecule has 0 spiro atoms. The van der Waals surface area contributed by atoms with Gasteiger partial charge in [0.2, 0.25) is 0 Å². The Morgan fingerprint density at radius 1 is 0.968 bits per heavy atom. The third-order valence-corrected chi connectivity index (χ3v) is 12.6. The maximum atomic E-state index is 10.4. The van der Waals surface area contributed by atoms with Gasteiger partial charge in [0.1, 0.15) is 5.75 Å². The zero-order valence-corrected chi connectivity index (χ0v) is 22.1. The number of hydrogen-bond donors (Lipinski definition) is 1. The van der Waals surface area contributed by atoms with Gasteiger partial charge in [0.15, 0.2) is 8.32 Å². The van der Waals surface area contributed by atoms with Gasteiger partial charge in [0, 0.05) is 13.2 Å². The second-order valence-electron chi connectivity index (χ2n) is 9.74. The highest BCUT2D eigenvalue weighted by Gasteiger charge is 2.45. The minimum atomic E-state index is -1.87. The average molecular weight is 451 g/mol. The van der Waals surface area contributed by atoms with Crippen LogP contribution in [0.15, 0.2) is 36.4 Å². The molecule has 0 bridgehead atoms. The topological polar surface area (TPSA) is 47.9 Å². The molecular formula is C26H46O4Si. The standard InChI is InChI=1S/C26H46O4Si/c1-19(2)31(20(3)4,21(5)6)30-17-23(8)22(7)16-25(27)14-15-29-18-24-10-12-26(28-9)13-11-24/h10-13,19-21,23,25,27H,7,14-18H2,1-6,8-9H3/t23-,25-/m0/s1. The van der Waals surface area contributed by atoms with Crippen molar-refractivity contribution in [3.8, 4) is 5.75 Å². The van der Waals surface area contributed by atoms with Crippen LogP contribution in [-0.2, 0) is 15.8 Å². The molecule has 1 N–H and O–H groups in total. The lowest BCUT2D eigenvalue weighted by Gasteiger charge is -2.43. The van der Waals surface area contributed by atoms with Gasteiger partial charge in [0.25, 0.3) is 0 Å². The summed E-state index contributed by atoms with van der Waals surface area (Å²) < 4.78 is 17.6. The summed E-state index contributed by atoms with van der Waals surface area (Å²) in [6.07, 6.45) is 0.759. The highest BCUT2D eigenvalue weighted by Crippen LogP contribution is 2.42. The van der Waals surface area contributed by atoms with Crippen LogP contribution in [0.1, 0.15) is 66.9 Å². The zero-order valence-electron chi connectivity index (χ0n) is 21.1. The van der Waals surface area contributed by atoms with E-state index in [1.54, 1.807) is 7.11 Å². The van der Waals surface area contributed by atoms with E-state index in [1.165, 1.54) is 0 Å². The summed E-state index contributed by atoms with van der Waals surface area (Å²) in [5.41, 5.74) is 3.87. The van der Waals surface area contributed by atoms with E-state index in [0.717, 1.165) is 16.9 Å². The van der Waals surface area contributed by atoms with Crippen molar-refractivity contribution in [3.63, 3.8) is 0 Å². The summed E-state index contributed by atoms with van der Waals surface area (Å²) >= 11 is 0. The van der Waals surface area contributed by atoms with Gasteiger partial charge in [-0.25, -0.2) is 0 Å². The van der Waals surface area contributed by atoms with Crippen LogP contribution in [0.3, 0.4) is 0 Å². The molecule has 0 amide bonds. The van der Waals surface area contributed by atoms with E-state index in [1.807, 2.05) is 24.3 Å². The Morgan fingerprint density at radius 2 is 1.52 bits per heavy atom. The number of hydrogen-bond acceptors (Lipinski definition) is 4. The fourth-order valence-corrected chi connectivity index (χ4v) is 10.2. The van der Waals surface area contributed by atoms with Crippen LogP contribution in [0.5, 0.6) is 5.75 Å². The van der Waals surface area contributed by atoms with E-state index in [9.17, 15) is 5.11 Å². The van der Waals surface area contributed by atoms with Crippen molar-refractivity contribution in [2.45, 2.75) is 90.6 Å². The van der Waals surface area contributed by atoms with E-state index >= 15 is 0 Å². The number of benzene rings is 1. The zero-order chi connectivity index (χ0) is 23.6. The normalized spacial score (nSPS) is 14.3. The van der Waals surface area contributed by atoms with Crippen LogP contribution >= 0.6 is 0 Å². The quantitative estimate of drug-likeness (QED) is 0.183. The lowest BCUT2D eigenvalue weighted by Crippen LogP contribution is -2.48. The van der Waals surface area contributed by atoms with Gasteiger partial charge < -0.3 is 19.0 Å². The molecule has 0 fully saturated rings. The molecule has 1 rings (SSSR count). The van der Waals surface area contributed by atoms with Gasteiger partial charge in [-0.3, -0.25) is 0 Å². The number of aliphatic hydroxyl groups excluding tert-OH is 1. The minimum Gasteiger partial charge on any atom is -0.497 e. The largest absolute Gasteiger partial charge is 0.497 e. The predicted octanol–water partition coefficient (Wildman–Crippen LogP) is 6.74. The maximum Gasteiger partial charge on any atom is 0.200 e. The summed E-state index contributed by atoms with van der Waals surface area (Å²) in [4.78, 5) is 0. The fourth-order valence-electron chi connectivity index (χ4n) is 4.62. The molecule has 0 aromatic heterocycles. The Balaban J connectivity index is 2.41. The van der Waals surface area contributed by atoms with Gasteiger partial charge in [-0.15, -0.1) is 0 Å². The number of rotatable bonds is 15. The molecule has 0 saturated carbocycles. The molecule has 31 heavy (non-hydrogen) atoms. The van der Waals surface area contributed by atoms with Crippen LogP contribution in [0.2, 0.25) is 16.6 Å². The van der Waals surface area contributed by atoms with Crippen molar-refractivity contribution >= 4 is 8.32 Å². The third kappa shape index (κ3) is 8.37. The summed E-state index contributed by atoms with van der Waals surface area (Å²) in [5.74, 6) is 1.07. The molecule has 4 nitrogen and oxygen atoms in total. The summed E-state index contributed by atoms with van der Waals surface area (Å²) in [7, 11) is -0.214. The Morgan fingerprint density at radius 3 is 2.00 bits per heavy atom. The number of ether oxygens (including phenoxy) is 2. The second kappa shape index (κ2) is 13.4. The molecule has 0 radical (unpaired) electrons. The van der Waals surface area contributed by atoms with Crippen molar-refractivity contribution in [1.82, 2.24) is 0 Å². The van der Waals surface area contributed by atoms with Gasteiger partial charge in [-0.1, -0.05) is 72.8 Å². The summed E-state index contributed by atoms with van der Waals surface area (Å²) in [6, 6.07) is 7.84. The molecule has 0 saturated heterocycles. The van der Waals surface area contributed by atoms with E-state index in [4.69, 9.17) is 13.9 Å². The van der Waals surface area contributed by atoms with Crippen molar-refractivity contribution < 1.29 is 19.0 Å². The predicted molar refractivity (Wildman–Crippen MR) is 133 cm³/mol. The first kappa shape index (κ1) is 27.9. The highest BCUT2D eigenvalue weighted by molar-refractivity contribution is 6.77. The molecule has 0 aliphatic carbocycles.